The Morgan fingerprint density at radius 2 is 1.85 bits per heavy atom. The number of carbonyl (C=O) groups is 1. The van der Waals surface area contributed by atoms with E-state index in [9.17, 15) is 4.79 Å². The molecule has 4 rings (SSSR count). The van der Waals surface area contributed by atoms with E-state index in [0.717, 1.165) is 26.7 Å². The van der Waals surface area contributed by atoms with E-state index in [4.69, 9.17) is 0 Å². The summed E-state index contributed by atoms with van der Waals surface area (Å²) in [5, 5.41) is 12.9. The predicted molar refractivity (Wildman–Crippen MR) is 109 cm³/mol. The van der Waals surface area contributed by atoms with E-state index < -0.39 is 0 Å². The maximum Gasteiger partial charge on any atom is 0.237 e. The zero-order valence-corrected chi connectivity index (χ0v) is 16.3. The monoisotopic (exact) mass is 426 g/mol. The largest absolute Gasteiger partial charge is 0.325 e. The van der Waals surface area contributed by atoms with Crippen LogP contribution in [-0.2, 0) is 4.79 Å². The minimum absolute atomic E-state index is 0.0747. The number of carbonyl (C=O) groups excluding carboxylic acids is 1. The second kappa shape index (κ2) is 7.09. The van der Waals surface area contributed by atoms with Crippen LogP contribution in [-0.4, -0.2) is 25.8 Å². The highest BCUT2D eigenvalue weighted by Crippen LogP contribution is 2.27. The van der Waals surface area contributed by atoms with Crippen LogP contribution in [0.3, 0.4) is 0 Å². The van der Waals surface area contributed by atoms with Gasteiger partial charge in [-0.2, -0.15) is 0 Å². The van der Waals surface area contributed by atoms with Crippen molar-refractivity contribution in [2.45, 2.75) is 17.3 Å². The zero-order chi connectivity index (χ0) is 18.1. The van der Waals surface area contributed by atoms with Gasteiger partial charge in [0.05, 0.1) is 10.8 Å². The molecule has 0 unspecified atom stereocenters. The van der Waals surface area contributed by atoms with Crippen molar-refractivity contribution in [3.8, 4) is 0 Å². The van der Waals surface area contributed by atoms with Gasteiger partial charge in [-0.25, -0.2) is 0 Å². The van der Waals surface area contributed by atoms with Crippen LogP contribution in [0.15, 0.2) is 70.3 Å². The highest BCUT2D eigenvalue weighted by molar-refractivity contribution is 9.10. The summed E-state index contributed by atoms with van der Waals surface area (Å²) < 4.78 is 2.96. The predicted octanol–water partition coefficient (Wildman–Crippen LogP) is 4.76. The molecule has 0 aliphatic heterocycles. The summed E-state index contributed by atoms with van der Waals surface area (Å²) >= 11 is 4.78. The smallest absolute Gasteiger partial charge is 0.237 e. The molecular weight excluding hydrogens is 412 g/mol. The van der Waals surface area contributed by atoms with E-state index >= 15 is 0 Å². The topological polar surface area (TPSA) is 59.3 Å². The van der Waals surface area contributed by atoms with Crippen molar-refractivity contribution in [2.75, 3.05) is 5.32 Å². The second-order valence-electron chi connectivity index (χ2n) is 5.82. The van der Waals surface area contributed by atoms with Crippen LogP contribution in [0.5, 0.6) is 0 Å². The third-order valence-electron chi connectivity index (χ3n) is 4.01. The number of para-hydroxylation sites is 1. The average molecular weight is 427 g/mol. The quantitative estimate of drug-likeness (QED) is 0.477. The molecule has 5 nitrogen and oxygen atoms in total. The summed E-state index contributed by atoms with van der Waals surface area (Å²) in [6.45, 7) is 1.87. The number of rotatable bonds is 4. The molecule has 0 spiro atoms. The van der Waals surface area contributed by atoms with Gasteiger partial charge in [0, 0.05) is 10.2 Å². The van der Waals surface area contributed by atoms with Crippen LogP contribution in [0, 0.1) is 0 Å². The third-order valence-corrected chi connectivity index (χ3v) is 5.58. The van der Waals surface area contributed by atoms with Crippen LogP contribution in [0.2, 0.25) is 0 Å². The van der Waals surface area contributed by atoms with E-state index in [1.54, 1.807) is 0 Å². The molecule has 1 amide bonds. The molecule has 0 radical (unpaired) electrons. The number of pyridine rings is 1. The lowest BCUT2D eigenvalue weighted by Gasteiger charge is -2.11. The van der Waals surface area contributed by atoms with Gasteiger partial charge in [-0.1, -0.05) is 45.9 Å². The first-order valence-corrected chi connectivity index (χ1v) is 9.75. The van der Waals surface area contributed by atoms with Crippen molar-refractivity contribution >= 4 is 55.8 Å². The minimum atomic E-state index is -0.315. The van der Waals surface area contributed by atoms with Crippen LogP contribution in [0.25, 0.3) is 16.6 Å². The van der Waals surface area contributed by atoms with Gasteiger partial charge in [-0.15, -0.1) is 10.2 Å². The molecule has 1 atom stereocenters. The van der Waals surface area contributed by atoms with E-state index in [1.807, 2.05) is 72.0 Å². The van der Waals surface area contributed by atoms with E-state index in [2.05, 4.69) is 31.4 Å². The lowest BCUT2D eigenvalue weighted by molar-refractivity contribution is -0.115. The summed E-state index contributed by atoms with van der Waals surface area (Å²) in [4.78, 5) is 12.5. The molecule has 0 saturated heterocycles. The summed E-state index contributed by atoms with van der Waals surface area (Å²) in [6.07, 6.45) is 0. The lowest BCUT2D eigenvalue weighted by atomic mass is 10.2. The van der Waals surface area contributed by atoms with Gasteiger partial charge in [0.15, 0.2) is 10.8 Å². The molecule has 4 aromatic rings. The van der Waals surface area contributed by atoms with Crippen LogP contribution in [0.1, 0.15) is 6.92 Å². The highest BCUT2D eigenvalue weighted by atomic mass is 79.9. The Hall–Kier alpha value is -2.38. The van der Waals surface area contributed by atoms with Gasteiger partial charge < -0.3 is 5.32 Å². The number of amides is 1. The number of aromatic nitrogens is 3. The first-order chi connectivity index (χ1) is 12.6. The fourth-order valence-corrected chi connectivity index (χ4v) is 3.81. The molecule has 0 aliphatic rings. The van der Waals surface area contributed by atoms with Crippen molar-refractivity contribution in [3.63, 3.8) is 0 Å². The Kier molecular flexibility index (Phi) is 4.65. The fourth-order valence-electron chi connectivity index (χ4n) is 2.68. The van der Waals surface area contributed by atoms with E-state index in [-0.39, 0.29) is 11.2 Å². The molecule has 2 aromatic carbocycles. The lowest BCUT2D eigenvalue weighted by Crippen LogP contribution is -2.22. The molecule has 130 valence electrons. The minimum Gasteiger partial charge on any atom is -0.325 e. The highest BCUT2D eigenvalue weighted by Gasteiger charge is 2.19. The van der Waals surface area contributed by atoms with Crippen molar-refractivity contribution < 1.29 is 4.79 Å². The molecule has 0 aliphatic carbocycles. The number of fused-ring (bicyclic) bond motifs is 3. The number of nitrogens with zero attached hydrogens (tertiary/aromatic N) is 3. The first-order valence-electron chi connectivity index (χ1n) is 8.08. The van der Waals surface area contributed by atoms with Crippen LogP contribution in [0.4, 0.5) is 5.69 Å². The van der Waals surface area contributed by atoms with Gasteiger partial charge in [0.1, 0.15) is 0 Å². The molecule has 26 heavy (non-hydrogen) atoms. The molecule has 1 N–H and O–H groups in total. The molecular formula is C19H15BrN4OS. The first kappa shape index (κ1) is 17.1. The number of nitrogens with one attached hydrogen (secondary N) is 1. The molecule has 0 bridgehead atoms. The Bertz CT molecular complexity index is 1090. The van der Waals surface area contributed by atoms with E-state index in [1.165, 1.54) is 11.8 Å². The molecule has 0 saturated carbocycles. The summed E-state index contributed by atoms with van der Waals surface area (Å²) in [5.74, 6) is -0.0747. The molecule has 0 fully saturated rings. The number of thioether (sulfide) groups is 1. The van der Waals surface area contributed by atoms with Crippen molar-refractivity contribution in [2.24, 2.45) is 0 Å². The van der Waals surface area contributed by atoms with Crippen molar-refractivity contribution in [1.82, 2.24) is 14.6 Å². The van der Waals surface area contributed by atoms with Crippen molar-refractivity contribution in [1.29, 1.82) is 0 Å². The maximum absolute atomic E-state index is 12.5. The number of hydrogen-bond donors (Lipinski definition) is 1. The van der Waals surface area contributed by atoms with Gasteiger partial charge in [-0.05, 0) is 54.8 Å². The molecule has 2 aromatic heterocycles. The van der Waals surface area contributed by atoms with Gasteiger partial charge in [0.25, 0.3) is 0 Å². The summed E-state index contributed by atoms with van der Waals surface area (Å²) in [5.41, 5.74) is 2.56. The van der Waals surface area contributed by atoms with Crippen molar-refractivity contribution in [3.05, 3.63) is 65.1 Å². The Balaban J connectivity index is 1.59. The fraction of sp³-hybridized carbons (Fsp3) is 0.105. The van der Waals surface area contributed by atoms with Gasteiger partial charge in [0.2, 0.25) is 5.91 Å². The maximum atomic E-state index is 12.5. The zero-order valence-electron chi connectivity index (χ0n) is 13.9. The number of halogens is 1. The Morgan fingerprint density at radius 1 is 1.08 bits per heavy atom. The average Bonchev–Trinajstić information content (AvgIpc) is 3.07. The standard InChI is InChI=1S/C19H15BrN4OS/c1-12(18(25)21-15-9-7-14(20)8-10-15)26-19-23-22-17-11-6-13-4-2-3-5-16(13)24(17)19/h2-12H,1H3,(H,21,25)/t12-/m0/s1. The van der Waals surface area contributed by atoms with Gasteiger partial charge in [-0.3, -0.25) is 9.20 Å². The second-order valence-corrected chi connectivity index (χ2v) is 8.05. The third kappa shape index (κ3) is 3.32. The molecule has 2 heterocycles. The Morgan fingerprint density at radius 3 is 2.65 bits per heavy atom. The number of hydrogen-bond acceptors (Lipinski definition) is 4. The summed E-state index contributed by atoms with van der Waals surface area (Å²) in [6, 6.07) is 19.5. The van der Waals surface area contributed by atoms with Gasteiger partial charge >= 0.3 is 0 Å². The SMILES string of the molecule is C[C@H](Sc1nnc2ccc3ccccc3n12)C(=O)Nc1ccc(Br)cc1. The molecule has 7 heteroatoms. The summed E-state index contributed by atoms with van der Waals surface area (Å²) in [7, 11) is 0. The van der Waals surface area contributed by atoms with Crippen LogP contribution >= 0.6 is 27.7 Å². The Labute approximate surface area is 162 Å². The van der Waals surface area contributed by atoms with Crippen LogP contribution < -0.4 is 5.32 Å². The normalized spacial score (nSPS) is 12.4. The number of benzene rings is 2. The van der Waals surface area contributed by atoms with E-state index in [0.29, 0.717) is 5.16 Å². The number of anilines is 1.